The van der Waals surface area contributed by atoms with E-state index in [4.69, 9.17) is 9.47 Å². The summed E-state index contributed by atoms with van der Waals surface area (Å²) >= 11 is 0. The van der Waals surface area contributed by atoms with Gasteiger partial charge in [0, 0.05) is 11.8 Å². The van der Waals surface area contributed by atoms with Gasteiger partial charge in [-0.05, 0) is 42.7 Å². The average Bonchev–Trinajstić information content (AvgIpc) is 3.36. The molecule has 0 bridgehead atoms. The third-order valence-electron chi connectivity index (χ3n) is 4.43. The van der Waals surface area contributed by atoms with Crippen LogP contribution in [0.25, 0.3) is 0 Å². The van der Waals surface area contributed by atoms with E-state index in [0.29, 0.717) is 12.8 Å². The summed E-state index contributed by atoms with van der Waals surface area (Å²) in [6.45, 7) is 0.186. The molecule has 0 unspecified atom stereocenters. The van der Waals surface area contributed by atoms with Gasteiger partial charge in [-0.3, -0.25) is 0 Å². The second-order valence-electron chi connectivity index (χ2n) is 7.04. The quantitative estimate of drug-likeness (QED) is 0.661. The van der Waals surface area contributed by atoms with E-state index >= 15 is 0 Å². The fourth-order valence-electron chi connectivity index (χ4n) is 2.94. The number of para-hydroxylation sites is 1. The molecule has 7 nitrogen and oxygen atoms in total. The van der Waals surface area contributed by atoms with E-state index in [-0.39, 0.29) is 23.0 Å². The second kappa shape index (κ2) is 7.73. The van der Waals surface area contributed by atoms with Crippen LogP contribution in [-0.2, 0) is 26.5 Å². The Balaban J connectivity index is 1.77. The third kappa shape index (κ3) is 5.24. The molecule has 1 aliphatic rings. The average molecular weight is 426 g/mol. The number of hydrogen-bond donors (Lipinski definition) is 1. The van der Waals surface area contributed by atoms with Crippen molar-refractivity contribution in [2.24, 2.45) is 0 Å². The maximum absolute atomic E-state index is 12.9. The molecule has 0 saturated heterocycles. The van der Waals surface area contributed by atoms with Gasteiger partial charge >= 0.3 is 0 Å². The minimum absolute atomic E-state index is 0.0108. The number of rotatable bonds is 9. The Morgan fingerprint density at radius 2 is 1.64 bits per heavy atom. The van der Waals surface area contributed by atoms with Gasteiger partial charge in [-0.1, -0.05) is 24.3 Å². The normalized spacial score (nSPS) is 15.8. The van der Waals surface area contributed by atoms with Crippen LogP contribution in [0.3, 0.4) is 0 Å². The number of hydrogen-bond acceptors (Lipinski definition) is 6. The first-order valence-corrected chi connectivity index (χ1v) is 12.2. The van der Waals surface area contributed by atoms with Crippen molar-refractivity contribution in [2.45, 2.75) is 29.9 Å². The third-order valence-corrected chi connectivity index (χ3v) is 7.13. The molecule has 1 N–H and O–H groups in total. The molecular weight excluding hydrogens is 402 g/mol. The van der Waals surface area contributed by atoms with Gasteiger partial charge in [0.25, 0.3) is 0 Å². The zero-order valence-corrected chi connectivity index (χ0v) is 17.3. The van der Waals surface area contributed by atoms with Crippen LogP contribution in [0.2, 0.25) is 0 Å². The van der Waals surface area contributed by atoms with E-state index in [2.05, 4.69) is 4.72 Å². The van der Waals surface area contributed by atoms with E-state index in [0.717, 1.165) is 17.6 Å². The van der Waals surface area contributed by atoms with Crippen molar-refractivity contribution in [1.82, 2.24) is 4.72 Å². The van der Waals surface area contributed by atoms with Gasteiger partial charge < -0.3 is 9.47 Å². The van der Waals surface area contributed by atoms with Crippen molar-refractivity contribution in [3.05, 3.63) is 54.1 Å². The molecule has 0 radical (unpaired) electrons. The predicted molar refractivity (Wildman–Crippen MR) is 106 cm³/mol. The summed E-state index contributed by atoms with van der Waals surface area (Å²) in [4.78, 5) is -0.0108. The van der Waals surface area contributed by atoms with Crippen LogP contribution in [0.4, 0.5) is 0 Å². The molecule has 0 atom stereocenters. The Bertz CT molecular complexity index is 1040. The Morgan fingerprint density at radius 3 is 2.21 bits per heavy atom. The minimum atomic E-state index is -3.93. The number of benzene rings is 2. The standard InChI is InChI=1S/C19H23NO6S2/c1-25-16-9-7-15(8-10-16)13-26-17-5-3-4-6-18(17)28(23,24)20-19(11-12-19)14-27(2,21)22/h3-10,20H,11-14H2,1-2H3. The molecule has 152 valence electrons. The van der Waals surface area contributed by atoms with Crippen molar-refractivity contribution in [3.63, 3.8) is 0 Å². The molecule has 1 aliphatic carbocycles. The molecule has 2 aromatic rings. The summed E-state index contributed by atoms with van der Waals surface area (Å²) < 4.78 is 62.4. The molecule has 1 saturated carbocycles. The lowest BCUT2D eigenvalue weighted by molar-refractivity contribution is 0.297. The monoisotopic (exact) mass is 425 g/mol. The fourth-order valence-corrected chi connectivity index (χ4v) is 6.00. The molecule has 0 spiro atoms. The van der Waals surface area contributed by atoms with Crippen LogP contribution in [0.1, 0.15) is 18.4 Å². The van der Waals surface area contributed by atoms with Gasteiger partial charge in [0.2, 0.25) is 10.0 Å². The summed E-state index contributed by atoms with van der Waals surface area (Å²) in [6.07, 6.45) is 2.09. The Morgan fingerprint density at radius 1 is 1.00 bits per heavy atom. The van der Waals surface area contributed by atoms with Gasteiger partial charge in [-0.25, -0.2) is 21.6 Å². The largest absolute Gasteiger partial charge is 0.497 e. The summed E-state index contributed by atoms with van der Waals surface area (Å²) in [6, 6.07) is 13.6. The topological polar surface area (TPSA) is 98.8 Å². The van der Waals surface area contributed by atoms with Gasteiger partial charge in [0.1, 0.15) is 32.8 Å². The van der Waals surface area contributed by atoms with Gasteiger partial charge in [-0.2, -0.15) is 0 Å². The molecule has 2 aromatic carbocycles. The summed E-state index contributed by atoms with van der Waals surface area (Å²) in [5.74, 6) is 0.714. The van der Waals surface area contributed by atoms with Gasteiger partial charge in [-0.15, -0.1) is 0 Å². The Labute approximate surface area is 165 Å². The lowest BCUT2D eigenvalue weighted by Crippen LogP contribution is -2.41. The van der Waals surface area contributed by atoms with Crippen molar-refractivity contribution < 1.29 is 26.3 Å². The molecule has 3 rings (SSSR count). The molecule has 28 heavy (non-hydrogen) atoms. The number of sulfonamides is 1. The first-order valence-electron chi connectivity index (χ1n) is 8.69. The Hall–Kier alpha value is -2.10. The van der Waals surface area contributed by atoms with Crippen molar-refractivity contribution in [3.8, 4) is 11.5 Å². The zero-order chi connectivity index (χ0) is 20.4. The first-order chi connectivity index (χ1) is 13.1. The summed E-state index contributed by atoms with van der Waals surface area (Å²) in [5.41, 5.74) is -0.0631. The van der Waals surface area contributed by atoms with Crippen LogP contribution in [0, 0.1) is 0 Å². The van der Waals surface area contributed by atoms with Crippen molar-refractivity contribution in [2.75, 3.05) is 19.1 Å². The molecule has 0 heterocycles. The highest BCUT2D eigenvalue weighted by atomic mass is 32.2. The van der Waals surface area contributed by atoms with Crippen LogP contribution in [0.5, 0.6) is 11.5 Å². The highest BCUT2D eigenvalue weighted by Crippen LogP contribution is 2.39. The van der Waals surface area contributed by atoms with Crippen molar-refractivity contribution >= 4 is 19.9 Å². The molecule has 0 aliphatic heterocycles. The van der Waals surface area contributed by atoms with Gasteiger partial charge in [0.15, 0.2) is 0 Å². The van der Waals surface area contributed by atoms with E-state index in [1.54, 1.807) is 37.4 Å². The van der Waals surface area contributed by atoms with E-state index in [9.17, 15) is 16.8 Å². The van der Waals surface area contributed by atoms with E-state index < -0.39 is 25.4 Å². The molecule has 0 aromatic heterocycles. The van der Waals surface area contributed by atoms with Crippen LogP contribution >= 0.6 is 0 Å². The Kier molecular flexibility index (Phi) is 5.69. The lowest BCUT2D eigenvalue weighted by Gasteiger charge is -2.18. The number of sulfone groups is 1. The van der Waals surface area contributed by atoms with Crippen LogP contribution in [-0.4, -0.2) is 41.5 Å². The highest BCUT2D eigenvalue weighted by Gasteiger charge is 2.48. The lowest BCUT2D eigenvalue weighted by atomic mass is 10.2. The minimum Gasteiger partial charge on any atom is -0.497 e. The predicted octanol–water partition coefficient (Wildman–Crippen LogP) is 2.13. The van der Waals surface area contributed by atoms with Crippen LogP contribution in [0.15, 0.2) is 53.4 Å². The number of ether oxygens (including phenoxy) is 2. The van der Waals surface area contributed by atoms with E-state index in [1.165, 1.54) is 6.07 Å². The summed E-state index contributed by atoms with van der Waals surface area (Å²) in [5, 5.41) is 0. The fraction of sp³-hybridized carbons (Fsp3) is 0.368. The van der Waals surface area contributed by atoms with Crippen molar-refractivity contribution in [1.29, 1.82) is 0 Å². The van der Waals surface area contributed by atoms with E-state index in [1.807, 2.05) is 12.1 Å². The maximum Gasteiger partial charge on any atom is 0.244 e. The summed E-state index contributed by atoms with van der Waals surface area (Å²) in [7, 11) is -5.66. The highest BCUT2D eigenvalue weighted by molar-refractivity contribution is 7.91. The molecule has 9 heteroatoms. The second-order valence-corrected chi connectivity index (χ2v) is 10.8. The molecular formula is C19H23NO6S2. The first kappa shape index (κ1) is 20.6. The maximum atomic E-state index is 12.9. The molecule has 1 fully saturated rings. The SMILES string of the molecule is COc1ccc(COc2ccccc2S(=O)(=O)NC2(CS(C)(=O)=O)CC2)cc1. The zero-order valence-electron chi connectivity index (χ0n) is 15.7. The number of nitrogens with one attached hydrogen (secondary N) is 1. The smallest absolute Gasteiger partial charge is 0.244 e. The molecule has 0 amide bonds. The van der Waals surface area contributed by atoms with Crippen LogP contribution < -0.4 is 14.2 Å². The number of methoxy groups -OCH3 is 1. The van der Waals surface area contributed by atoms with Gasteiger partial charge in [0.05, 0.1) is 12.9 Å².